The minimum Gasteiger partial charge on any atom is -0.477 e. The van der Waals surface area contributed by atoms with Gasteiger partial charge >= 0.3 is 5.97 Å². The number of aromatic nitrogens is 2. The lowest BCUT2D eigenvalue weighted by Crippen LogP contribution is -2.34. The summed E-state index contributed by atoms with van der Waals surface area (Å²) in [4.78, 5) is 28.0. The number of hydrogen-bond acceptors (Lipinski definition) is 5. The first kappa shape index (κ1) is 17.8. The van der Waals surface area contributed by atoms with Gasteiger partial charge in [-0.3, -0.25) is 9.36 Å². The lowest BCUT2D eigenvalue weighted by Gasteiger charge is -2.20. The predicted molar refractivity (Wildman–Crippen MR) is 87.9 cm³/mol. The quantitative estimate of drug-likeness (QED) is 0.744. The Labute approximate surface area is 139 Å². The van der Waals surface area contributed by atoms with Crippen molar-refractivity contribution in [2.45, 2.75) is 26.7 Å². The van der Waals surface area contributed by atoms with Crippen molar-refractivity contribution in [3.05, 3.63) is 52.4 Å². The first-order valence-electron chi connectivity index (χ1n) is 7.70. The molecule has 0 aliphatic carbocycles. The van der Waals surface area contributed by atoms with Gasteiger partial charge in [0.15, 0.2) is 6.29 Å². The summed E-state index contributed by atoms with van der Waals surface area (Å²) in [7, 11) is 0. The van der Waals surface area contributed by atoms with Crippen molar-refractivity contribution in [1.29, 1.82) is 0 Å². The van der Waals surface area contributed by atoms with E-state index in [9.17, 15) is 14.7 Å². The third kappa shape index (κ3) is 4.06. The molecule has 2 aromatic rings. The van der Waals surface area contributed by atoms with Crippen LogP contribution in [-0.4, -0.2) is 40.1 Å². The average molecular weight is 332 g/mol. The molecule has 2 rings (SSSR count). The van der Waals surface area contributed by atoms with E-state index in [0.717, 1.165) is 6.20 Å². The van der Waals surface area contributed by atoms with Crippen LogP contribution in [0, 0.1) is 0 Å². The average Bonchev–Trinajstić information content (AvgIpc) is 2.57. The van der Waals surface area contributed by atoms with Crippen molar-refractivity contribution >= 4 is 5.97 Å². The van der Waals surface area contributed by atoms with Gasteiger partial charge in [-0.2, -0.15) is 0 Å². The SMILES string of the molecule is CCOC(Cn1c(-c2ccccc2)ncc(C(=O)O)c1=O)OCC. The standard InChI is InChI=1S/C17H20N2O5/c1-3-23-14(24-4-2)11-19-15(12-8-6-5-7-9-12)18-10-13(16(19)20)17(21)22/h5-10,14H,3-4,11H2,1-2H3,(H,21,22). The van der Waals surface area contributed by atoms with Gasteiger partial charge in [-0.05, 0) is 13.8 Å². The van der Waals surface area contributed by atoms with Crippen LogP contribution in [0.2, 0.25) is 0 Å². The Balaban J connectivity index is 2.54. The Kier molecular flexibility index (Phi) is 6.22. The van der Waals surface area contributed by atoms with E-state index in [0.29, 0.717) is 24.6 Å². The molecule has 1 heterocycles. The molecule has 128 valence electrons. The monoisotopic (exact) mass is 332 g/mol. The number of nitrogens with zero attached hydrogens (tertiary/aromatic N) is 2. The van der Waals surface area contributed by atoms with Crippen molar-refractivity contribution in [2.24, 2.45) is 0 Å². The maximum absolute atomic E-state index is 12.6. The van der Waals surface area contributed by atoms with Gasteiger partial charge in [0.05, 0.1) is 6.54 Å². The second-order valence-corrected chi connectivity index (χ2v) is 4.92. The molecule has 0 bridgehead atoms. The number of aromatic carboxylic acids is 1. The third-order valence-corrected chi connectivity index (χ3v) is 3.35. The molecule has 0 fully saturated rings. The van der Waals surface area contributed by atoms with Crippen LogP contribution in [0.25, 0.3) is 11.4 Å². The number of ether oxygens (including phenoxy) is 2. The zero-order valence-corrected chi connectivity index (χ0v) is 13.6. The number of rotatable bonds is 8. The summed E-state index contributed by atoms with van der Waals surface area (Å²) in [5, 5.41) is 9.18. The Morgan fingerprint density at radius 1 is 1.21 bits per heavy atom. The summed E-state index contributed by atoms with van der Waals surface area (Å²) in [5.74, 6) is -0.944. The molecule has 7 heteroatoms. The Morgan fingerprint density at radius 2 is 1.83 bits per heavy atom. The number of carboxylic acids is 1. The molecule has 0 aliphatic heterocycles. The van der Waals surface area contributed by atoms with E-state index in [2.05, 4.69) is 4.98 Å². The van der Waals surface area contributed by atoms with Gasteiger partial charge in [0.25, 0.3) is 5.56 Å². The predicted octanol–water partition coefficient (Wildman–Crippen LogP) is 2.01. The van der Waals surface area contributed by atoms with E-state index < -0.39 is 17.8 Å². The highest BCUT2D eigenvalue weighted by Gasteiger charge is 2.19. The van der Waals surface area contributed by atoms with Gasteiger partial charge in [0.2, 0.25) is 0 Å². The highest BCUT2D eigenvalue weighted by Crippen LogP contribution is 2.16. The zero-order chi connectivity index (χ0) is 17.5. The first-order valence-corrected chi connectivity index (χ1v) is 7.70. The maximum Gasteiger partial charge on any atom is 0.342 e. The summed E-state index contributed by atoms with van der Waals surface area (Å²) < 4.78 is 12.2. The van der Waals surface area contributed by atoms with Gasteiger partial charge in [-0.15, -0.1) is 0 Å². The van der Waals surface area contributed by atoms with Gasteiger partial charge < -0.3 is 14.6 Å². The highest BCUT2D eigenvalue weighted by molar-refractivity contribution is 5.86. The molecule has 0 saturated carbocycles. The van der Waals surface area contributed by atoms with Crippen LogP contribution in [-0.2, 0) is 16.0 Å². The van der Waals surface area contributed by atoms with E-state index in [-0.39, 0.29) is 12.1 Å². The van der Waals surface area contributed by atoms with E-state index in [4.69, 9.17) is 9.47 Å². The lowest BCUT2D eigenvalue weighted by molar-refractivity contribution is -0.143. The molecule has 0 saturated heterocycles. The number of carboxylic acid groups (broad SMARTS) is 1. The topological polar surface area (TPSA) is 90.7 Å². The third-order valence-electron chi connectivity index (χ3n) is 3.35. The molecule has 0 atom stereocenters. The second kappa shape index (κ2) is 8.37. The van der Waals surface area contributed by atoms with Crippen LogP contribution in [0.15, 0.2) is 41.3 Å². The van der Waals surface area contributed by atoms with E-state index >= 15 is 0 Å². The molecule has 0 radical (unpaired) electrons. The molecule has 0 amide bonds. The largest absolute Gasteiger partial charge is 0.477 e. The van der Waals surface area contributed by atoms with E-state index in [1.165, 1.54) is 4.57 Å². The van der Waals surface area contributed by atoms with Crippen LogP contribution < -0.4 is 5.56 Å². The van der Waals surface area contributed by atoms with Gasteiger partial charge in [0, 0.05) is 25.0 Å². The van der Waals surface area contributed by atoms with Gasteiger partial charge in [0.1, 0.15) is 11.4 Å². The molecule has 0 aliphatic rings. The van der Waals surface area contributed by atoms with Gasteiger partial charge in [-0.25, -0.2) is 9.78 Å². The van der Waals surface area contributed by atoms with Crippen molar-refractivity contribution in [2.75, 3.05) is 13.2 Å². The summed E-state index contributed by atoms with van der Waals surface area (Å²) in [5.41, 5.74) is -0.319. The van der Waals surface area contributed by atoms with Crippen LogP contribution in [0.3, 0.4) is 0 Å². The maximum atomic E-state index is 12.6. The minimum absolute atomic E-state index is 0.0544. The fourth-order valence-corrected chi connectivity index (χ4v) is 2.30. The molecule has 0 spiro atoms. The lowest BCUT2D eigenvalue weighted by atomic mass is 10.2. The van der Waals surface area contributed by atoms with Crippen LogP contribution >= 0.6 is 0 Å². The summed E-state index contributed by atoms with van der Waals surface area (Å²) in [6, 6.07) is 9.09. The van der Waals surface area contributed by atoms with E-state index in [1.54, 1.807) is 12.1 Å². The first-order chi connectivity index (χ1) is 11.6. The summed E-state index contributed by atoms with van der Waals surface area (Å²) in [6.45, 7) is 4.51. The number of carbonyl (C=O) groups is 1. The molecule has 1 aromatic carbocycles. The molecule has 1 aromatic heterocycles. The normalized spacial score (nSPS) is 11.0. The van der Waals surface area contributed by atoms with Crippen molar-refractivity contribution < 1.29 is 19.4 Å². The Bertz CT molecular complexity index is 736. The van der Waals surface area contributed by atoms with Crippen LogP contribution in [0.4, 0.5) is 0 Å². The second-order valence-electron chi connectivity index (χ2n) is 4.92. The summed E-state index contributed by atoms with van der Waals surface area (Å²) >= 11 is 0. The van der Waals surface area contributed by atoms with E-state index in [1.807, 2.05) is 32.0 Å². The zero-order valence-electron chi connectivity index (χ0n) is 13.6. The van der Waals surface area contributed by atoms with Crippen molar-refractivity contribution in [3.63, 3.8) is 0 Å². The fourth-order valence-electron chi connectivity index (χ4n) is 2.30. The number of benzene rings is 1. The van der Waals surface area contributed by atoms with Crippen LogP contribution in [0.5, 0.6) is 0 Å². The summed E-state index contributed by atoms with van der Waals surface area (Å²) in [6.07, 6.45) is 0.422. The molecular weight excluding hydrogens is 312 g/mol. The molecule has 7 nitrogen and oxygen atoms in total. The Morgan fingerprint density at radius 3 is 2.38 bits per heavy atom. The molecule has 0 unspecified atom stereocenters. The smallest absolute Gasteiger partial charge is 0.342 e. The van der Waals surface area contributed by atoms with Gasteiger partial charge in [-0.1, -0.05) is 30.3 Å². The molecule has 24 heavy (non-hydrogen) atoms. The number of hydrogen-bond donors (Lipinski definition) is 1. The van der Waals surface area contributed by atoms with Crippen molar-refractivity contribution in [1.82, 2.24) is 9.55 Å². The Hall–Kier alpha value is -2.51. The molecular formula is C17H20N2O5. The van der Waals surface area contributed by atoms with Crippen LogP contribution in [0.1, 0.15) is 24.2 Å². The highest BCUT2D eigenvalue weighted by atomic mass is 16.7. The minimum atomic E-state index is -1.31. The van der Waals surface area contributed by atoms with Crippen molar-refractivity contribution in [3.8, 4) is 11.4 Å². The molecule has 1 N–H and O–H groups in total. The fraction of sp³-hybridized carbons (Fsp3) is 0.353.